The Balaban J connectivity index is 1.46. The number of carbonyl (C=O) groups is 2. The van der Waals surface area contributed by atoms with E-state index in [1.54, 1.807) is 24.3 Å². The summed E-state index contributed by atoms with van der Waals surface area (Å²) in [6.07, 6.45) is 0. The molecule has 0 unspecified atom stereocenters. The van der Waals surface area contributed by atoms with Crippen molar-refractivity contribution in [3.05, 3.63) is 82.9 Å². The molecule has 8 nitrogen and oxygen atoms in total. The SMILES string of the molecule is O=C(COC(=O)c1ccccc1NS(=O)(=O)c1ccc(Cl)cc1)c1ccc2c(c1)OCCO2. The first-order valence-electron chi connectivity index (χ1n) is 9.81. The lowest BCUT2D eigenvalue weighted by Crippen LogP contribution is -2.19. The zero-order valence-electron chi connectivity index (χ0n) is 17.1. The van der Waals surface area contributed by atoms with Crippen molar-refractivity contribution in [2.75, 3.05) is 24.5 Å². The molecule has 0 spiro atoms. The third kappa shape index (κ3) is 5.27. The van der Waals surface area contributed by atoms with E-state index in [-0.39, 0.29) is 16.1 Å². The molecule has 1 N–H and O–H groups in total. The Labute approximate surface area is 195 Å². The Morgan fingerprint density at radius 1 is 0.939 bits per heavy atom. The first-order valence-corrected chi connectivity index (χ1v) is 11.7. The highest BCUT2D eigenvalue weighted by molar-refractivity contribution is 7.92. The van der Waals surface area contributed by atoms with E-state index in [4.69, 9.17) is 25.8 Å². The number of rotatable bonds is 7. The van der Waals surface area contributed by atoms with Gasteiger partial charge in [-0.25, -0.2) is 13.2 Å². The van der Waals surface area contributed by atoms with Gasteiger partial charge in [-0.05, 0) is 54.6 Å². The molecule has 170 valence electrons. The maximum atomic E-state index is 12.7. The van der Waals surface area contributed by atoms with Gasteiger partial charge in [0.25, 0.3) is 10.0 Å². The number of sulfonamides is 1. The number of Topliss-reactive ketones (excluding diaryl/α,β-unsaturated/α-hetero) is 1. The molecule has 4 rings (SSSR count). The predicted molar refractivity (Wildman–Crippen MR) is 121 cm³/mol. The van der Waals surface area contributed by atoms with Crippen molar-refractivity contribution in [2.45, 2.75) is 4.90 Å². The van der Waals surface area contributed by atoms with E-state index in [1.807, 2.05) is 0 Å². The minimum absolute atomic E-state index is 0.0178. The summed E-state index contributed by atoms with van der Waals surface area (Å²) >= 11 is 5.81. The summed E-state index contributed by atoms with van der Waals surface area (Å²) in [7, 11) is -3.98. The molecule has 0 radical (unpaired) electrons. The van der Waals surface area contributed by atoms with Crippen LogP contribution in [0.15, 0.2) is 71.6 Å². The molecule has 1 heterocycles. The minimum atomic E-state index is -3.98. The van der Waals surface area contributed by atoms with Crippen molar-refractivity contribution in [3.63, 3.8) is 0 Å². The lowest BCUT2D eigenvalue weighted by molar-refractivity contribution is 0.0475. The van der Waals surface area contributed by atoms with E-state index < -0.39 is 28.4 Å². The lowest BCUT2D eigenvalue weighted by Gasteiger charge is -2.18. The maximum absolute atomic E-state index is 12.7. The molecule has 1 aliphatic rings. The monoisotopic (exact) mass is 487 g/mol. The molecule has 0 saturated heterocycles. The van der Waals surface area contributed by atoms with Crippen LogP contribution in [0, 0.1) is 0 Å². The van der Waals surface area contributed by atoms with Crippen molar-refractivity contribution < 1.29 is 32.2 Å². The number of para-hydroxylation sites is 1. The average molecular weight is 488 g/mol. The van der Waals surface area contributed by atoms with Crippen LogP contribution in [0.1, 0.15) is 20.7 Å². The van der Waals surface area contributed by atoms with Crippen LogP contribution in [0.2, 0.25) is 5.02 Å². The summed E-state index contributed by atoms with van der Waals surface area (Å²) < 4.78 is 43.7. The normalized spacial score (nSPS) is 12.6. The summed E-state index contributed by atoms with van der Waals surface area (Å²) in [5.41, 5.74) is 0.276. The average Bonchev–Trinajstić information content (AvgIpc) is 2.82. The summed E-state index contributed by atoms with van der Waals surface area (Å²) in [4.78, 5) is 25.1. The van der Waals surface area contributed by atoms with Crippen molar-refractivity contribution in [3.8, 4) is 11.5 Å². The second kappa shape index (κ2) is 9.51. The smallest absolute Gasteiger partial charge is 0.340 e. The number of anilines is 1. The second-order valence-corrected chi connectivity index (χ2v) is 9.08. The number of carbonyl (C=O) groups excluding carboxylic acids is 2. The second-order valence-electron chi connectivity index (χ2n) is 6.96. The van der Waals surface area contributed by atoms with Crippen molar-refractivity contribution >= 4 is 39.1 Å². The Morgan fingerprint density at radius 2 is 1.64 bits per heavy atom. The number of ketones is 1. The number of fused-ring (bicyclic) bond motifs is 1. The first-order chi connectivity index (χ1) is 15.8. The third-order valence-corrected chi connectivity index (χ3v) is 6.35. The number of esters is 1. The summed E-state index contributed by atoms with van der Waals surface area (Å²) in [6, 6.07) is 16.2. The molecule has 0 aliphatic carbocycles. The van der Waals surface area contributed by atoms with Gasteiger partial charge in [0, 0.05) is 10.6 Å². The van der Waals surface area contributed by atoms with Crippen LogP contribution in [0.4, 0.5) is 5.69 Å². The van der Waals surface area contributed by atoms with Crippen LogP contribution < -0.4 is 14.2 Å². The molecule has 0 atom stereocenters. The first kappa shape index (κ1) is 22.6. The van der Waals surface area contributed by atoms with Crippen LogP contribution in [-0.4, -0.2) is 40.0 Å². The molecule has 3 aromatic rings. The minimum Gasteiger partial charge on any atom is -0.486 e. The van der Waals surface area contributed by atoms with Crippen LogP contribution in [0.25, 0.3) is 0 Å². The van der Waals surface area contributed by atoms with Gasteiger partial charge in [-0.1, -0.05) is 23.7 Å². The molecule has 1 aliphatic heterocycles. The van der Waals surface area contributed by atoms with Crippen LogP contribution in [0.3, 0.4) is 0 Å². The molecule has 0 fully saturated rings. The summed E-state index contributed by atoms with van der Waals surface area (Å²) in [5.74, 6) is -0.313. The number of ether oxygens (including phenoxy) is 3. The molecule has 10 heteroatoms. The van der Waals surface area contributed by atoms with Gasteiger partial charge in [-0.15, -0.1) is 0 Å². The van der Waals surface area contributed by atoms with Crippen LogP contribution in [-0.2, 0) is 14.8 Å². The highest BCUT2D eigenvalue weighted by atomic mass is 35.5. The van der Waals surface area contributed by atoms with Gasteiger partial charge in [0.1, 0.15) is 13.2 Å². The predicted octanol–water partition coefficient (Wildman–Crippen LogP) is 3.95. The van der Waals surface area contributed by atoms with Gasteiger partial charge in [-0.3, -0.25) is 9.52 Å². The van der Waals surface area contributed by atoms with E-state index in [9.17, 15) is 18.0 Å². The highest BCUT2D eigenvalue weighted by Gasteiger charge is 2.21. The Hall–Kier alpha value is -3.56. The van der Waals surface area contributed by atoms with Crippen LogP contribution >= 0.6 is 11.6 Å². The van der Waals surface area contributed by atoms with Crippen molar-refractivity contribution in [2.24, 2.45) is 0 Å². The van der Waals surface area contributed by atoms with E-state index in [1.165, 1.54) is 42.5 Å². The molecular formula is C23H18ClNO7S. The van der Waals surface area contributed by atoms with E-state index >= 15 is 0 Å². The van der Waals surface area contributed by atoms with Gasteiger partial charge in [0.2, 0.25) is 0 Å². The van der Waals surface area contributed by atoms with Gasteiger partial charge < -0.3 is 14.2 Å². The number of halogens is 1. The van der Waals surface area contributed by atoms with Crippen molar-refractivity contribution in [1.82, 2.24) is 0 Å². The molecular weight excluding hydrogens is 470 g/mol. The number of hydrogen-bond donors (Lipinski definition) is 1. The third-order valence-electron chi connectivity index (χ3n) is 4.71. The Kier molecular flexibility index (Phi) is 6.52. The zero-order chi connectivity index (χ0) is 23.4. The molecule has 0 amide bonds. The number of hydrogen-bond acceptors (Lipinski definition) is 7. The molecule has 0 bridgehead atoms. The van der Waals surface area contributed by atoms with Gasteiger partial charge >= 0.3 is 5.97 Å². The Bertz CT molecular complexity index is 1310. The van der Waals surface area contributed by atoms with E-state index in [2.05, 4.69) is 4.72 Å². The lowest BCUT2D eigenvalue weighted by atomic mass is 10.1. The fourth-order valence-electron chi connectivity index (χ4n) is 3.08. The van der Waals surface area contributed by atoms with E-state index in [0.29, 0.717) is 35.3 Å². The van der Waals surface area contributed by atoms with E-state index in [0.717, 1.165) is 0 Å². The Morgan fingerprint density at radius 3 is 2.39 bits per heavy atom. The quantitative estimate of drug-likeness (QED) is 0.397. The topological polar surface area (TPSA) is 108 Å². The summed E-state index contributed by atoms with van der Waals surface area (Å²) in [6.45, 7) is 0.276. The van der Waals surface area contributed by atoms with Crippen molar-refractivity contribution in [1.29, 1.82) is 0 Å². The van der Waals surface area contributed by atoms with Gasteiger partial charge in [0.05, 0.1) is 16.1 Å². The zero-order valence-corrected chi connectivity index (χ0v) is 18.7. The molecule has 33 heavy (non-hydrogen) atoms. The van der Waals surface area contributed by atoms with Gasteiger partial charge in [-0.2, -0.15) is 0 Å². The molecule has 0 aromatic heterocycles. The largest absolute Gasteiger partial charge is 0.486 e. The fourth-order valence-corrected chi connectivity index (χ4v) is 4.28. The van der Waals surface area contributed by atoms with Crippen LogP contribution in [0.5, 0.6) is 11.5 Å². The summed E-state index contributed by atoms with van der Waals surface area (Å²) in [5, 5.41) is 0.389. The molecule has 0 saturated carbocycles. The number of benzene rings is 3. The fraction of sp³-hybridized carbons (Fsp3) is 0.130. The number of nitrogens with one attached hydrogen (secondary N) is 1. The standard InChI is InChI=1S/C23H18ClNO7S/c24-16-6-8-17(9-7-16)33(28,29)25-19-4-2-1-3-18(19)23(27)32-14-20(26)15-5-10-21-22(13-15)31-12-11-30-21/h1-10,13,25H,11-12,14H2. The molecule has 3 aromatic carbocycles. The highest BCUT2D eigenvalue weighted by Crippen LogP contribution is 2.31. The van der Waals surface area contributed by atoms with Gasteiger partial charge in [0.15, 0.2) is 23.9 Å². The maximum Gasteiger partial charge on any atom is 0.340 e.